The average molecular weight is 285 g/mol. The normalized spacial score (nSPS) is 12.6. The maximum atomic E-state index is 11.5. The minimum Gasteiger partial charge on any atom is -0.477 e. The standard InChI is InChI=1S/C12H19N3O5/c1-7(13-11(18)20-12(2,3)4)6-19-9-5-8(10(16)17)14-15-9/h5,7H,6H2,1-4H3,(H,13,18)(H,14,15)(H,16,17)/t7-/m0/s1. The summed E-state index contributed by atoms with van der Waals surface area (Å²) < 4.78 is 10.3. The molecule has 1 aromatic heterocycles. The van der Waals surface area contributed by atoms with Crippen molar-refractivity contribution in [3.63, 3.8) is 0 Å². The summed E-state index contributed by atoms with van der Waals surface area (Å²) in [4.78, 5) is 22.1. The number of nitrogens with zero attached hydrogens (tertiary/aromatic N) is 1. The van der Waals surface area contributed by atoms with E-state index in [9.17, 15) is 9.59 Å². The summed E-state index contributed by atoms with van der Waals surface area (Å²) in [6.45, 7) is 7.18. The van der Waals surface area contributed by atoms with Crippen LogP contribution >= 0.6 is 0 Å². The van der Waals surface area contributed by atoms with Crippen LogP contribution in [0.4, 0.5) is 4.79 Å². The number of carbonyl (C=O) groups excluding carboxylic acids is 1. The van der Waals surface area contributed by atoms with E-state index in [-0.39, 0.29) is 24.2 Å². The third kappa shape index (κ3) is 5.59. The molecule has 0 saturated carbocycles. The molecule has 0 aromatic carbocycles. The van der Waals surface area contributed by atoms with Gasteiger partial charge in [-0.3, -0.25) is 5.10 Å². The maximum absolute atomic E-state index is 11.5. The number of H-pyrrole nitrogens is 1. The van der Waals surface area contributed by atoms with E-state index in [0.717, 1.165) is 0 Å². The van der Waals surface area contributed by atoms with Crippen molar-refractivity contribution in [2.75, 3.05) is 6.61 Å². The lowest BCUT2D eigenvalue weighted by molar-refractivity contribution is 0.0492. The van der Waals surface area contributed by atoms with Crippen LogP contribution in [0.2, 0.25) is 0 Å². The van der Waals surface area contributed by atoms with Gasteiger partial charge in [-0.25, -0.2) is 9.59 Å². The first-order valence-electron chi connectivity index (χ1n) is 6.08. The van der Waals surface area contributed by atoms with E-state index in [1.54, 1.807) is 27.7 Å². The lowest BCUT2D eigenvalue weighted by Crippen LogP contribution is -2.40. The number of nitrogens with one attached hydrogen (secondary N) is 2. The first-order valence-corrected chi connectivity index (χ1v) is 6.08. The van der Waals surface area contributed by atoms with Crippen molar-refractivity contribution in [1.29, 1.82) is 0 Å². The molecule has 0 aliphatic carbocycles. The summed E-state index contributed by atoms with van der Waals surface area (Å²) >= 11 is 0. The van der Waals surface area contributed by atoms with Gasteiger partial charge in [-0.1, -0.05) is 0 Å². The zero-order valence-corrected chi connectivity index (χ0v) is 11.9. The number of carbonyl (C=O) groups is 2. The number of ether oxygens (including phenoxy) is 2. The molecule has 1 rings (SSSR count). The lowest BCUT2D eigenvalue weighted by Gasteiger charge is -2.21. The Hall–Kier alpha value is -2.25. The van der Waals surface area contributed by atoms with Crippen molar-refractivity contribution in [3.05, 3.63) is 11.8 Å². The summed E-state index contributed by atoms with van der Waals surface area (Å²) in [6, 6.07) is 0.956. The molecule has 0 fully saturated rings. The zero-order valence-electron chi connectivity index (χ0n) is 11.9. The van der Waals surface area contributed by atoms with Gasteiger partial charge in [0.05, 0.1) is 6.04 Å². The predicted octanol–water partition coefficient (Wildman–Crippen LogP) is 1.40. The van der Waals surface area contributed by atoms with Crippen LogP contribution in [0, 0.1) is 0 Å². The molecule has 112 valence electrons. The largest absolute Gasteiger partial charge is 0.477 e. The van der Waals surface area contributed by atoms with Crippen LogP contribution in [0.15, 0.2) is 6.07 Å². The van der Waals surface area contributed by atoms with Gasteiger partial charge >= 0.3 is 12.1 Å². The fraction of sp³-hybridized carbons (Fsp3) is 0.583. The van der Waals surface area contributed by atoms with Gasteiger partial charge in [0.2, 0.25) is 5.88 Å². The van der Waals surface area contributed by atoms with E-state index in [4.69, 9.17) is 14.6 Å². The summed E-state index contributed by atoms with van der Waals surface area (Å²) in [5.41, 5.74) is -0.628. The topological polar surface area (TPSA) is 114 Å². The maximum Gasteiger partial charge on any atom is 0.407 e. The smallest absolute Gasteiger partial charge is 0.407 e. The Morgan fingerprint density at radius 2 is 2.15 bits per heavy atom. The monoisotopic (exact) mass is 285 g/mol. The average Bonchev–Trinajstić information content (AvgIpc) is 2.72. The number of carboxylic acids is 1. The van der Waals surface area contributed by atoms with Crippen molar-refractivity contribution >= 4 is 12.1 Å². The molecule has 0 unspecified atom stereocenters. The van der Waals surface area contributed by atoms with Gasteiger partial charge in [0, 0.05) is 6.07 Å². The number of aromatic amines is 1. The molecular weight excluding hydrogens is 266 g/mol. The van der Waals surface area contributed by atoms with E-state index in [1.807, 2.05) is 0 Å². The molecule has 3 N–H and O–H groups in total. The minimum absolute atomic E-state index is 0.0623. The highest BCUT2D eigenvalue weighted by Crippen LogP contribution is 2.09. The Kier molecular flexibility index (Phi) is 4.95. The second-order valence-corrected chi connectivity index (χ2v) is 5.28. The quantitative estimate of drug-likeness (QED) is 0.753. The number of carboxylic acid groups (broad SMARTS) is 1. The Labute approximate surface area is 116 Å². The third-order valence-corrected chi connectivity index (χ3v) is 2.03. The molecular formula is C12H19N3O5. The van der Waals surface area contributed by atoms with Gasteiger partial charge in [-0.05, 0) is 27.7 Å². The van der Waals surface area contributed by atoms with Crippen LogP contribution < -0.4 is 10.1 Å². The Balaban J connectivity index is 2.37. The number of amides is 1. The number of hydrogen-bond donors (Lipinski definition) is 3. The van der Waals surface area contributed by atoms with Gasteiger partial charge < -0.3 is 19.9 Å². The second kappa shape index (κ2) is 6.27. The molecule has 0 saturated heterocycles. The number of hydrogen-bond acceptors (Lipinski definition) is 5. The highest BCUT2D eigenvalue weighted by atomic mass is 16.6. The van der Waals surface area contributed by atoms with Crippen LogP contribution in [0.1, 0.15) is 38.2 Å². The molecule has 1 heterocycles. The molecule has 0 aliphatic rings. The van der Waals surface area contributed by atoms with Crippen molar-refractivity contribution < 1.29 is 24.2 Å². The summed E-state index contributed by atoms with van der Waals surface area (Å²) in [5.74, 6) is -0.965. The van der Waals surface area contributed by atoms with E-state index < -0.39 is 17.7 Å². The summed E-state index contributed by atoms with van der Waals surface area (Å²) in [5, 5.41) is 17.3. The second-order valence-electron chi connectivity index (χ2n) is 5.28. The molecule has 0 bridgehead atoms. The van der Waals surface area contributed by atoms with Crippen LogP contribution in [-0.2, 0) is 4.74 Å². The Bertz CT molecular complexity index is 478. The van der Waals surface area contributed by atoms with Crippen LogP contribution in [0.5, 0.6) is 5.88 Å². The minimum atomic E-state index is -1.12. The Morgan fingerprint density at radius 3 is 2.65 bits per heavy atom. The summed E-state index contributed by atoms with van der Waals surface area (Å²) in [6.07, 6.45) is -0.540. The van der Waals surface area contributed by atoms with Gasteiger partial charge in [0.25, 0.3) is 0 Å². The molecule has 20 heavy (non-hydrogen) atoms. The fourth-order valence-corrected chi connectivity index (χ4v) is 1.25. The van der Waals surface area contributed by atoms with E-state index in [0.29, 0.717) is 0 Å². The SMILES string of the molecule is C[C@@H](COc1cc(C(=O)O)[nH]n1)NC(=O)OC(C)(C)C. The van der Waals surface area contributed by atoms with Gasteiger partial charge in [0.1, 0.15) is 17.9 Å². The Morgan fingerprint density at radius 1 is 1.50 bits per heavy atom. The number of aromatic nitrogens is 2. The number of alkyl carbamates (subject to hydrolysis) is 1. The molecule has 0 aliphatic heterocycles. The predicted molar refractivity (Wildman–Crippen MR) is 69.9 cm³/mol. The molecule has 0 radical (unpaired) electrons. The fourth-order valence-electron chi connectivity index (χ4n) is 1.25. The highest BCUT2D eigenvalue weighted by molar-refractivity contribution is 5.85. The van der Waals surface area contributed by atoms with Crippen LogP contribution in [0.3, 0.4) is 0 Å². The van der Waals surface area contributed by atoms with E-state index in [1.165, 1.54) is 6.07 Å². The molecule has 1 atom stereocenters. The molecule has 1 aromatic rings. The number of aromatic carboxylic acids is 1. The van der Waals surface area contributed by atoms with E-state index in [2.05, 4.69) is 15.5 Å². The van der Waals surface area contributed by atoms with Gasteiger partial charge in [-0.2, -0.15) is 0 Å². The zero-order chi connectivity index (χ0) is 15.3. The van der Waals surface area contributed by atoms with Crippen LogP contribution in [0.25, 0.3) is 0 Å². The van der Waals surface area contributed by atoms with Crippen molar-refractivity contribution in [3.8, 4) is 5.88 Å². The van der Waals surface area contributed by atoms with Gasteiger partial charge in [-0.15, -0.1) is 5.10 Å². The van der Waals surface area contributed by atoms with Crippen molar-refractivity contribution in [2.24, 2.45) is 0 Å². The van der Waals surface area contributed by atoms with E-state index >= 15 is 0 Å². The van der Waals surface area contributed by atoms with Gasteiger partial charge in [0.15, 0.2) is 0 Å². The molecule has 0 spiro atoms. The number of rotatable bonds is 5. The first kappa shape index (κ1) is 15.8. The van der Waals surface area contributed by atoms with Crippen molar-refractivity contribution in [2.45, 2.75) is 39.3 Å². The first-order chi connectivity index (χ1) is 9.17. The molecule has 8 heteroatoms. The lowest BCUT2D eigenvalue weighted by atomic mass is 10.2. The third-order valence-electron chi connectivity index (χ3n) is 2.03. The van der Waals surface area contributed by atoms with Crippen LogP contribution in [-0.4, -0.2) is 45.6 Å². The molecule has 8 nitrogen and oxygen atoms in total. The summed E-state index contributed by atoms with van der Waals surface area (Å²) in [7, 11) is 0. The highest BCUT2D eigenvalue weighted by Gasteiger charge is 2.18. The molecule has 1 amide bonds. The van der Waals surface area contributed by atoms with Crippen molar-refractivity contribution in [1.82, 2.24) is 15.5 Å².